The highest BCUT2D eigenvalue weighted by atomic mass is 32.2. The molecule has 4 N–H and O–H groups in total. The predicted molar refractivity (Wildman–Crippen MR) is 74.8 cm³/mol. The predicted octanol–water partition coefficient (Wildman–Crippen LogP) is 0.0685. The quantitative estimate of drug-likeness (QED) is 0.285. The molecule has 0 aliphatic heterocycles. The summed E-state index contributed by atoms with van der Waals surface area (Å²) in [6, 6.07) is 4.75. The second-order valence-corrected chi connectivity index (χ2v) is 6.72. The van der Waals surface area contributed by atoms with Crippen LogP contribution in [0.4, 0.5) is 0 Å². The molecule has 1 aliphatic carbocycles. The Kier molecular flexibility index (Phi) is 4.56. The van der Waals surface area contributed by atoms with E-state index in [1.807, 2.05) is 6.07 Å². The van der Waals surface area contributed by atoms with Crippen LogP contribution in [0.15, 0.2) is 29.6 Å². The molecule has 7 nitrogen and oxygen atoms in total. The smallest absolute Gasteiger partial charge is 0.212 e. The summed E-state index contributed by atoms with van der Waals surface area (Å²) in [6.45, 7) is 0. The number of amidine groups is 1. The van der Waals surface area contributed by atoms with Gasteiger partial charge < -0.3 is 10.9 Å². The van der Waals surface area contributed by atoms with Gasteiger partial charge in [-0.05, 0) is 30.9 Å². The number of oxime groups is 1. The third kappa shape index (κ3) is 4.17. The van der Waals surface area contributed by atoms with Crippen molar-refractivity contribution in [3.8, 4) is 0 Å². The van der Waals surface area contributed by atoms with Crippen molar-refractivity contribution in [2.24, 2.45) is 16.8 Å². The van der Waals surface area contributed by atoms with Crippen molar-refractivity contribution >= 4 is 15.9 Å². The molecule has 0 bridgehead atoms. The summed E-state index contributed by atoms with van der Waals surface area (Å²) >= 11 is 0. The van der Waals surface area contributed by atoms with Crippen LogP contribution < -0.4 is 10.5 Å². The van der Waals surface area contributed by atoms with E-state index >= 15 is 0 Å². The molecule has 2 rings (SSSR count). The Bertz CT molecular complexity index is 570. The van der Waals surface area contributed by atoms with Crippen LogP contribution in [0.3, 0.4) is 0 Å². The molecule has 20 heavy (non-hydrogen) atoms. The molecule has 1 unspecified atom stereocenters. The van der Waals surface area contributed by atoms with Gasteiger partial charge in [-0.3, -0.25) is 4.98 Å². The first-order valence-electron chi connectivity index (χ1n) is 6.39. The first-order chi connectivity index (χ1) is 9.52. The average molecular weight is 298 g/mol. The zero-order chi connectivity index (χ0) is 14.6. The first-order valence-corrected chi connectivity index (χ1v) is 8.04. The minimum Gasteiger partial charge on any atom is -0.409 e. The molecule has 0 radical (unpaired) electrons. The number of aromatic nitrogens is 1. The number of sulfonamides is 1. The molecule has 1 aliphatic rings. The molecule has 1 saturated carbocycles. The molecule has 0 amide bonds. The van der Waals surface area contributed by atoms with Gasteiger partial charge in [-0.2, -0.15) is 0 Å². The third-order valence-electron chi connectivity index (χ3n) is 3.19. The van der Waals surface area contributed by atoms with E-state index in [1.165, 1.54) is 0 Å². The van der Waals surface area contributed by atoms with Crippen molar-refractivity contribution in [3.63, 3.8) is 0 Å². The Morgan fingerprint density at radius 3 is 2.85 bits per heavy atom. The lowest BCUT2D eigenvalue weighted by Gasteiger charge is -2.16. The minimum atomic E-state index is -3.50. The number of nitrogens with zero attached hydrogens (tertiary/aromatic N) is 2. The first kappa shape index (κ1) is 14.7. The highest BCUT2D eigenvalue weighted by Crippen LogP contribution is 2.33. The number of nitrogens with two attached hydrogens (primary N) is 1. The molecule has 0 spiro atoms. The highest BCUT2D eigenvalue weighted by Gasteiger charge is 2.36. The SMILES string of the molecule is NC(=NO)C(NS(=O)(=O)CCc1ccccn1)C1CC1. The molecule has 1 atom stereocenters. The van der Waals surface area contributed by atoms with Gasteiger partial charge in [-0.15, -0.1) is 0 Å². The van der Waals surface area contributed by atoms with Gasteiger partial charge in [-0.1, -0.05) is 11.2 Å². The lowest BCUT2D eigenvalue weighted by molar-refractivity contribution is 0.314. The van der Waals surface area contributed by atoms with E-state index in [9.17, 15) is 8.42 Å². The fourth-order valence-corrected chi connectivity index (χ4v) is 3.22. The van der Waals surface area contributed by atoms with Crippen molar-refractivity contribution in [2.45, 2.75) is 25.3 Å². The summed E-state index contributed by atoms with van der Waals surface area (Å²) in [5.74, 6) is -0.0456. The fourth-order valence-electron chi connectivity index (χ4n) is 1.93. The van der Waals surface area contributed by atoms with Gasteiger partial charge in [0.1, 0.15) is 0 Å². The second kappa shape index (κ2) is 6.19. The number of hydrogen-bond donors (Lipinski definition) is 3. The summed E-state index contributed by atoms with van der Waals surface area (Å²) in [4.78, 5) is 4.08. The van der Waals surface area contributed by atoms with Crippen molar-refractivity contribution in [3.05, 3.63) is 30.1 Å². The van der Waals surface area contributed by atoms with Gasteiger partial charge in [-0.25, -0.2) is 13.1 Å². The summed E-state index contributed by atoms with van der Waals surface area (Å²) in [6.07, 6.45) is 3.70. The summed E-state index contributed by atoms with van der Waals surface area (Å²) < 4.78 is 26.6. The fraction of sp³-hybridized carbons (Fsp3) is 0.500. The molecule has 0 saturated heterocycles. The van der Waals surface area contributed by atoms with Crippen molar-refractivity contribution in [2.75, 3.05) is 5.75 Å². The van der Waals surface area contributed by atoms with Crippen LogP contribution in [0.25, 0.3) is 0 Å². The molecule has 8 heteroatoms. The van der Waals surface area contributed by atoms with E-state index in [4.69, 9.17) is 10.9 Å². The third-order valence-corrected chi connectivity index (χ3v) is 4.54. The Balaban J connectivity index is 1.96. The van der Waals surface area contributed by atoms with Crippen LogP contribution in [0.2, 0.25) is 0 Å². The summed E-state index contributed by atoms with van der Waals surface area (Å²) in [7, 11) is -3.50. The Hall–Kier alpha value is -1.67. The average Bonchev–Trinajstić information content (AvgIpc) is 3.28. The van der Waals surface area contributed by atoms with E-state index in [-0.39, 0.29) is 17.5 Å². The van der Waals surface area contributed by atoms with Gasteiger partial charge in [0.15, 0.2) is 5.84 Å². The molecular weight excluding hydrogens is 280 g/mol. The van der Waals surface area contributed by atoms with Gasteiger partial charge in [0.05, 0.1) is 11.8 Å². The second-order valence-electron chi connectivity index (χ2n) is 4.85. The largest absolute Gasteiger partial charge is 0.409 e. The minimum absolute atomic E-state index is 0.0774. The molecule has 110 valence electrons. The number of rotatable bonds is 7. The maximum atomic E-state index is 12.0. The topological polar surface area (TPSA) is 118 Å². The van der Waals surface area contributed by atoms with Crippen LogP contribution >= 0.6 is 0 Å². The monoisotopic (exact) mass is 298 g/mol. The van der Waals surface area contributed by atoms with E-state index in [0.29, 0.717) is 12.1 Å². The van der Waals surface area contributed by atoms with Gasteiger partial charge in [0.2, 0.25) is 10.0 Å². The van der Waals surface area contributed by atoms with Gasteiger partial charge >= 0.3 is 0 Å². The van der Waals surface area contributed by atoms with Gasteiger partial charge in [0.25, 0.3) is 0 Å². The standard InChI is InChI=1S/C12H18N4O3S/c13-12(15-17)11(9-4-5-9)16-20(18,19)8-6-10-3-1-2-7-14-10/h1-3,7,9,11,16-17H,4-6,8H2,(H2,13,15). The normalized spacial score (nSPS) is 17.9. The number of aryl methyl sites for hydroxylation is 1. The molecular formula is C12H18N4O3S. The zero-order valence-electron chi connectivity index (χ0n) is 10.9. The Morgan fingerprint density at radius 2 is 2.30 bits per heavy atom. The van der Waals surface area contributed by atoms with Crippen LogP contribution in [0.1, 0.15) is 18.5 Å². The zero-order valence-corrected chi connectivity index (χ0v) is 11.8. The Morgan fingerprint density at radius 1 is 1.55 bits per heavy atom. The summed E-state index contributed by atoms with van der Waals surface area (Å²) in [5, 5.41) is 11.6. The van der Waals surface area contributed by atoms with Crippen LogP contribution in [-0.2, 0) is 16.4 Å². The maximum Gasteiger partial charge on any atom is 0.212 e. The van der Waals surface area contributed by atoms with Crippen LogP contribution in [-0.4, -0.2) is 36.2 Å². The molecule has 1 fully saturated rings. The summed E-state index contributed by atoms with van der Waals surface area (Å²) in [5.41, 5.74) is 6.25. The van der Waals surface area contributed by atoms with Crippen molar-refractivity contribution in [1.29, 1.82) is 0 Å². The van der Waals surface area contributed by atoms with E-state index in [1.54, 1.807) is 18.3 Å². The lowest BCUT2D eigenvalue weighted by atomic mass is 10.2. The van der Waals surface area contributed by atoms with Crippen LogP contribution in [0, 0.1) is 5.92 Å². The number of pyridine rings is 1. The van der Waals surface area contributed by atoms with Crippen LogP contribution in [0.5, 0.6) is 0 Å². The van der Waals surface area contributed by atoms with E-state index < -0.39 is 16.1 Å². The molecule has 0 aromatic carbocycles. The molecule has 1 aromatic heterocycles. The van der Waals surface area contributed by atoms with Crippen molar-refractivity contribution < 1.29 is 13.6 Å². The van der Waals surface area contributed by atoms with Gasteiger partial charge in [0, 0.05) is 18.3 Å². The molecule has 1 heterocycles. The van der Waals surface area contributed by atoms with E-state index in [0.717, 1.165) is 12.8 Å². The number of nitrogens with one attached hydrogen (secondary N) is 1. The lowest BCUT2D eigenvalue weighted by Crippen LogP contribution is -2.47. The van der Waals surface area contributed by atoms with Crippen molar-refractivity contribution in [1.82, 2.24) is 9.71 Å². The highest BCUT2D eigenvalue weighted by molar-refractivity contribution is 7.89. The number of hydrogen-bond acceptors (Lipinski definition) is 5. The van der Waals surface area contributed by atoms with E-state index in [2.05, 4.69) is 14.9 Å². The maximum absolute atomic E-state index is 12.0. The molecule has 1 aromatic rings. The Labute approximate surface area is 117 Å².